The smallest absolute Gasteiger partial charge is 0.00562 e. The summed E-state index contributed by atoms with van der Waals surface area (Å²) >= 11 is 0. The lowest BCUT2D eigenvalue weighted by atomic mass is 9.78. The van der Waals surface area contributed by atoms with Crippen LogP contribution in [0.4, 0.5) is 0 Å². The zero-order chi connectivity index (χ0) is 14.5. The third-order valence-corrected chi connectivity index (χ3v) is 5.04. The average Bonchev–Trinajstić information content (AvgIpc) is 2.50. The summed E-state index contributed by atoms with van der Waals surface area (Å²) in [5.74, 6) is 1.63. The Labute approximate surface area is 130 Å². The number of benzene rings is 4. The van der Waals surface area contributed by atoms with Gasteiger partial charge in [0.1, 0.15) is 0 Å². The Hall–Kier alpha value is -2.34. The molecular formula is C22H17. The Morgan fingerprint density at radius 3 is 1.86 bits per heavy atom. The van der Waals surface area contributed by atoms with Crippen molar-refractivity contribution in [3.05, 3.63) is 78.2 Å². The lowest BCUT2D eigenvalue weighted by Gasteiger charge is -2.26. The van der Waals surface area contributed by atoms with Crippen molar-refractivity contribution < 1.29 is 0 Å². The fourth-order valence-corrected chi connectivity index (χ4v) is 3.65. The molecule has 5 rings (SSSR count). The van der Waals surface area contributed by atoms with Gasteiger partial charge in [-0.2, -0.15) is 0 Å². The predicted molar refractivity (Wildman–Crippen MR) is 95.2 cm³/mol. The van der Waals surface area contributed by atoms with Crippen molar-refractivity contribution in [2.45, 2.75) is 19.3 Å². The highest BCUT2D eigenvalue weighted by molar-refractivity contribution is 6.05. The second-order valence-corrected chi connectivity index (χ2v) is 6.38. The Morgan fingerprint density at radius 1 is 0.545 bits per heavy atom. The second-order valence-electron chi connectivity index (χ2n) is 6.38. The lowest BCUT2D eigenvalue weighted by Crippen LogP contribution is -2.10. The van der Waals surface area contributed by atoms with E-state index in [1.54, 1.807) is 5.92 Å². The molecule has 0 atom stereocenters. The van der Waals surface area contributed by atoms with E-state index in [0.717, 1.165) is 0 Å². The topological polar surface area (TPSA) is 0 Å². The molecule has 0 nitrogen and oxygen atoms in total. The third-order valence-electron chi connectivity index (χ3n) is 5.04. The molecule has 0 aromatic heterocycles. The van der Waals surface area contributed by atoms with Crippen LogP contribution >= 0.6 is 0 Å². The van der Waals surface area contributed by atoms with Crippen LogP contribution in [0.15, 0.2) is 66.7 Å². The molecule has 0 bridgehead atoms. The molecule has 4 aromatic carbocycles. The van der Waals surface area contributed by atoms with Gasteiger partial charge in [0.15, 0.2) is 0 Å². The van der Waals surface area contributed by atoms with Crippen molar-refractivity contribution in [2.24, 2.45) is 0 Å². The van der Waals surface area contributed by atoms with E-state index in [2.05, 4.69) is 66.7 Å². The van der Waals surface area contributed by atoms with Crippen LogP contribution in [-0.2, 0) is 0 Å². The molecule has 105 valence electrons. The highest BCUT2D eigenvalue weighted by Gasteiger charge is 2.21. The van der Waals surface area contributed by atoms with Gasteiger partial charge in [-0.3, -0.25) is 0 Å². The van der Waals surface area contributed by atoms with Crippen LogP contribution in [-0.4, -0.2) is 0 Å². The standard InChI is InChI=1S/C22H17/c1-2-6-17-12-20-14-22-18(13-19(20)11-16(17)5-1)9-4-10-21(22)15-7-3-8-15/h1-2,4-6,9-14H,3,7-8H2. The van der Waals surface area contributed by atoms with Crippen molar-refractivity contribution in [1.29, 1.82) is 0 Å². The van der Waals surface area contributed by atoms with E-state index in [9.17, 15) is 0 Å². The van der Waals surface area contributed by atoms with Crippen LogP contribution in [0.5, 0.6) is 0 Å². The van der Waals surface area contributed by atoms with E-state index in [1.165, 1.54) is 57.1 Å². The first-order valence-electron chi connectivity index (χ1n) is 8.09. The van der Waals surface area contributed by atoms with Crippen LogP contribution in [0.3, 0.4) is 0 Å². The molecule has 4 aromatic rings. The molecule has 0 spiro atoms. The summed E-state index contributed by atoms with van der Waals surface area (Å²) in [5.41, 5.74) is 1.47. The van der Waals surface area contributed by atoms with Gasteiger partial charge >= 0.3 is 0 Å². The number of rotatable bonds is 1. The Balaban J connectivity index is 1.85. The van der Waals surface area contributed by atoms with E-state index in [-0.39, 0.29) is 0 Å². The third kappa shape index (κ3) is 1.77. The summed E-state index contributed by atoms with van der Waals surface area (Å²) in [6.45, 7) is 0. The maximum Gasteiger partial charge on any atom is 0.00562 e. The number of fused-ring (bicyclic) bond motifs is 3. The number of hydrogen-bond acceptors (Lipinski definition) is 0. The molecule has 1 radical (unpaired) electrons. The first kappa shape index (κ1) is 12.2. The Morgan fingerprint density at radius 2 is 1.18 bits per heavy atom. The second kappa shape index (κ2) is 4.58. The fourth-order valence-electron chi connectivity index (χ4n) is 3.65. The van der Waals surface area contributed by atoms with E-state index in [4.69, 9.17) is 0 Å². The van der Waals surface area contributed by atoms with Gasteiger partial charge in [0.2, 0.25) is 0 Å². The van der Waals surface area contributed by atoms with Crippen molar-refractivity contribution in [3.8, 4) is 0 Å². The van der Waals surface area contributed by atoms with Crippen molar-refractivity contribution in [2.75, 3.05) is 0 Å². The van der Waals surface area contributed by atoms with Gasteiger partial charge in [0.05, 0.1) is 0 Å². The molecule has 1 fully saturated rings. The van der Waals surface area contributed by atoms with E-state index < -0.39 is 0 Å². The largest absolute Gasteiger partial charge is 0.0616 e. The maximum absolute atomic E-state index is 2.39. The van der Waals surface area contributed by atoms with Gasteiger partial charge < -0.3 is 0 Å². The molecule has 1 aliphatic rings. The SMILES string of the molecule is c1ccc2cc3cc4c([C]5CCC5)cccc4cc3cc2c1. The first-order chi connectivity index (χ1) is 10.9. The van der Waals surface area contributed by atoms with E-state index in [0.29, 0.717) is 0 Å². The molecule has 1 aliphatic carbocycles. The molecule has 1 saturated carbocycles. The molecule has 0 aliphatic heterocycles. The minimum atomic E-state index is 1.27. The zero-order valence-corrected chi connectivity index (χ0v) is 12.5. The van der Waals surface area contributed by atoms with Crippen molar-refractivity contribution >= 4 is 32.3 Å². The highest BCUT2D eigenvalue weighted by Crippen LogP contribution is 2.39. The summed E-state index contributed by atoms with van der Waals surface area (Å²) in [6.07, 6.45) is 3.90. The summed E-state index contributed by atoms with van der Waals surface area (Å²) in [6, 6.07) is 24.7. The minimum Gasteiger partial charge on any atom is -0.0616 e. The zero-order valence-electron chi connectivity index (χ0n) is 12.5. The summed E-state index contributed by atoms with van der Waals surface area (Å²) in [7, 11) is 0. The normalized spacial score (nSPS) is 15.5. The molecule has 0 saturated heterocycles. The molecule has 22 heavy (non-hydrogen) atoms. The van der Waals surface area contributed by atoms with Gasteiger partial charge in [0, 0.05) is 5.92 Å². The molecule has 0 heterocycles. The fraction of sp³-hybridized carbons (Fsp3) is 0.136. The molecular weight excluding hydrogens is 264 g/mol. The van der Waals surface area contributed by atoms with E-state index in [1.807, 2.05) is 0 Å². The quantitative estimate of drug-likeness (QED) is 0.362. The lowest BCUT2D eigenvalue weighted by molar-refractivity contribution is 0.579. The number of hydrogen-bond donors (Lipinski definition) is 0. The van der Waals surface area contributed by atoms with Gasteiger partial charge in [-0.15, -0.1) is 0 Å². The van der Waals surface area contributed by atoms with E-state index >= 15 is 0 Å². The molecule has 0 heteroatoms. The minimum absolute atomic E-state index is 1.27. The van der Waals surface area contributed by atoms with Gasteiger partial charge in [0.25, 0.3) is 0 Å². The predicted octanol–water partition coefficient (Wildman–Crippen LogP) is 6.25. The van der Waals surface area contributed by atoms with Crippen LogP contribution in [0.1, 0.15) is 24.8 Å². The van der Waals surface area contributed by atoms with Crippen LogP contribution in [0.2, 0.25) is 0 Å². The molecule has 0 unspecified atom stereocenters. The summed E-state index contributed by atoms with van der Waals surface area (Å²) in [4.78, 5) is 0. The first-order valence-corrected chi connectivity index (χ1v) is 8.09. The average molecular weight is 281 g/mol. The van der Waals surface area contributed by atoms with Gasteiger partial charge in [-0.1, -0.05) is 48.9 Å². The monoisotopic (exact) mass is 281 g/mol. The Kier molecular flexibility index (Phi) is 2.54. The highest BCUT2D eigenvalue weighted by atomic mass is 14.3. The van der Waals surface area contributed by atoms with Crippen LogP contribution < -0.4 is 0 Å². The van der Waals surface area contributed by atoms with Crippen molar-refractivity contribution in [1.82, 2.24) is 0 Å². The Bertz CT molecular complexity index is 1010. The molecule has 0 N–H and O–H groups in total. The molecule has 0 amide bonds. The van der Waals surface area contributed by atoms with Crippen LogP contribution in [0.25, 0.3) is 32.3 Å². The summed E-state index contributed by atoms with van der Waals surface area (Å²) in [5, 5.41) is 8.10. The van der Waals surface area contributed by atoms with Gasteiger partial charge in [-0.25, -0.2) is 0 Å². The van der Waals surface area contributed by atoms with Crippen LogP contribution in [0, 0.1) is 5.92 Å². The van der Waals surface area contributed by atoms with Gasteiger partial charge in [-0.05, 0) is 75.0 Å². The summed E-state index contributed by atoms with van der Waals surface area (Å²) < 4.78 is 0. The maximum atomic E-state index is 2.39. The van der Waals surface area contributed by atoms with Crippen molar-refractivity contribution in [3.63, 3.8) is 0 Å².